The van der Waals surface area contributed by atoms with Crippen LogP contribution in [0.3, 0.4) is 0 Å². The molecule has 0 aliphatic carbocycles. The van der Waals surface area contributed by atoms with Crippen molar-refractivity contribution in [3.63, 3.8) is 0 Å². The number of benzene rings is 2. The van der Waals surface area contributed by atoms with Crippen molar-refractivity contribution in [2.24, 2.45) is 17.3 Å². The smallest absolute Gasteiger partial charge is 0.338 e. The van der Waals surface area contributed by atoms with Gasteiger partial charge in [-0.15, -0.1) is 12.8 Å². The van der Waals surface area contributed by atoms with Crippen molar-refractivity contribution >= 4 is 11.9 Å². The van der Waals surface area contributed by atoms with E-state index >= 15 is 0 Å². The van der Waals surface area contributed by atoms with Gasteiger partial charge in [0.25, 0.3) is 0 Å². The average Bonchev–Trinajstić information content (AvgIpc) is 3.35. The van der Waals surface area contributed by atoms with Crippen LogP contribution in [-0.4, -0.2) is 77.0 Å². The first-order chi connectivity index (χ1) is 32.6. The number of unbranched alkanes of at least 4 members (excludes halogenated alkanes) is 6. The van der Waals surface area contributed by atoms with Crippen molar-refractivity contribution < 1.29 is 47.5 Å². The first-order valence-electron chi connectivity index (χ1n) is 25.8. The van der Waals surface area contributed by atoms with Gasteiger partial charge in [-0.3, -0.25) is 0 Å². The number of carbonyl (C=O) groups excluding carboxylic acids is 2. The summed E-state index contributed by atoms with van der Waals surface area (Å²) in [5.41, 5.74) is -0.604. The molecule has 0 radical (unpaired) electrons. The first-order valence-corrected chi connectivity index (χ1v) is 25.8. The molecule has 4 atom stereocenters. The second-order valence-corrected chi connectivity index (χ2v) is 18.1. The van der Waals surface area contributed by atoms with Crippen molar-refractivity contribution in [3.05, 3.63) is 47.5 Å². The van der Waals surface area contributed by atoms with Crippen LogP contribution in [0.1, 0.15) is 192 Å². The topological polar surface area (TPSA) is 108 Å². The van der Waals surface area contributed by atoms with E-state index in [-0.39, 0.29) is 63.0 Å². The molecular weight excluding hydrogens is 845 g/mol. The van der Waals surface area contributed by atoms with Crippen LogP contribution in [0.5, 0.6) is 23.0 Å². The van der Waals surface area contributed by atoms with Crippen LogP contribution in [0.4, 0.5) is 0 Å². The van der Waals surface area contributed by atoms with E-state index in [1.807, 2.05) is 0 Å². The van der Waals surface area contributed by atoms with Crippen molar-refractivity contribution in [3.8, 4) is 47.7 Å². The lowest BCUT2D eigenvalue weighted by atomic mass is 9.92. The van der Waals surface area contributed by atoms with Gasteiger partial charge in [0, 0.05) is 0 Å². The van der Waals surface area contributed by atoms with Crippen molar-refractivity contribution in [2.75, 3.05) is 52.9 Å². The van der Waals surface area contributed by atoms with E-state index in [1.165, 1.54) is 0 Å². The first kappa shape index (κ1) is 58.7. The monoisotopic (exact) mass is 933 g/mol. The maximum Gasteiger partial charge on any atom is 0.338 e. The summed E-state index contributed by atoms with van der Waals surface area (Å²) in [5.74, 6) is 6.75. The minimum Gasteiger partial charge on any atom is -0.489 e. The van der Waals surface area contributed by atoms with Crippen LogP contribution in [0.15, 0.2) is 36.4 Å². The molecule has 67 heavy (non-hydrogen) atoms. The highest BCUT2D eigenvalue weighted by Crippen LogP contribution is 2.35. The normalized spacial score (nSPS) is 13.1. The number of ether oxygens (including phenoxy) is 8. The quantitative estimate of drug-likeness (QED) is 0.0364. The van der Waals surface area contributed by atoms with E-state index in [2.05, 4.69) is 67.2 Å². The molecule has 0 aliphatic heterocycles. The van der Waals surface area contributed by atoms with E-state index in [0.717, 1.165) is 116 Å². The molecule has 0 N–H and O–H groups in total. The van der Waals surface area contributed by atoms with E-state index in [1.54, 1.807) is 36.4 Å². The van der Waals surface area contributed by atoms with Gasteiger partial charge in [-0.25, -0.2) is 9.59 Å². The second-order valence-electron chi connectivity index (χ2n) is 18.1. The Hall–Kier alpha value is -4.38. The van der Waals surface area contributed by atoms with Crippen LogP contribution in [-0.2, 0) is 18.9 Å². The molecule has 10 heteroatoms. The number of hydrogen-bond acceptors (Lipinski definition) is 10. The summed E-state index contributed by atoms with van der Waals surface area (Å²) in [5, 5.41) is 0. The highest BCUT2D eigenvalue weighted by atomic mass is 16.6. The fraction of sp³-hybridized carbons (Fsp3) is 0.684. The van der Waals surface area contributed by atoms with Gasteiger partial charge in [-0.05, 0) is 99.6 Å². The fourth-order valence-electron chi connectivity index (χ4n) is 7.71. The Bertz CT molecular complexity index is 1710. The molecule has 0 aliphatic rings. The summed E-state index contributed by atoms with van der Waals surface area (Å²) >= 11 is 0. The van der Waals surface area contributed by atoms with Crippen molar-refractivity contribution in [1.82, 2.24) is 0 Å². The maximum atomic E-state index is 14.0. The van der Waals surface area contributed by atoms with E-state index < -0.39 is 17.4 Å². The molecule has 0 bridgehead atoms. The predicted octanol–water partition coefficient (Wildman–Crippen LogP) is 13.7. The number of carbonyl (C=O) groups is 2. The number of rotatable bonds is 40. The highest BCUT2D eigenvalue weighted by Gasteiger charge is 2.36. The van der Waals surface area contributed by atoms with Crippen LogP contribution in [0.25, 0.3) is 0 Å². The predicted molar refractivity (Wildman–Crippen MR) is 270 cm³/mol. The van der Waals surface area contributed by atoms with Gasteiger partial charge in [0.1, 0.15) is 26.4 Å². The van der Waals surface area contributed by atoms with Crippen LogP contribution in [0, 0.1) is 41.9 Å². The fourth-order valence-corrected chi connectivity index (χ4v) is 7.71. The van der Waals surface area contributed by atoms with Gasteiger partial charge in [0.2, 0.25) is 0 Å². The van der Waals surface area contributed by atoms with Gasteiger partial charge in [-0.2, -0.15) is 0 Å². The SMILES string of the molecule is C#CCOCC(COCC#C)(COC(=O)c1ccc(OCC(CC)CCCC)c(OCC(CC)CCCC)c1)COC(=O)c1ccc(OC(CC)CCCCC)c(OC(CC)CCCCC)c1. The minimum atomic E-state index is -1.18. The third-order valence-electron chi connectivity index (χ3n) is 12.4. The van der Waals surface area contributed by atoms with Gasteiger partial charge in [0.05, 0.1) is 55.2 Å². The summed E-state index contributed by atoms with van der Waals surface area (Å²) in [4.78, 5) is 28.0. The van der Waals surface area contributed by atoms with E-state index in [9.17, 15) is 9.59 Å². The molecule has 2 aromatic rings. The standard InChI is InChI=1S/C57H88O10/c1-11-21-25-29-49(19-9)66-52-34-32-48(38-54(52)67-50(20-10)30-26-22-12-2)56(59)65-44-57(41-60-35-15-5,42-61-36-16-6)43-64-55(58)47-31-33-51(62-39-45(17-7)27-23-13-3)53(37-47)63-40-46(18-8)28-24-14-4/h5-6,31-34,37-38,45-46,49-50H,11-14,17-30,35-36,39-44H2,1-4,7-10H3. The Balaban J connectivity index is 2.46. The van der Waals surface area contributed by atoms with Crippen molar-refractivity contribution in [2.45, 2.75) is 183 Å². The van der Waals surface area contributed by atoms with Gasteiger partial charge >= 0.3 is 11.9 Å². The molecule has 4 unspecified atom stereocenters. The lowest BCUT2D eigenvalue weighted by molar-refractivity contribution is -0.0777. The zero-order valence-corrected chi connectivity index (χ0v) is 42.9. The maximum absolute atomic E-state index is 14.0. The summed E-state index contributed by atoms with van der Waals surface area (Å²) in [7, 11) is 0. The third kappa shape index (κ3) is 23.0. The Kier molecular flexibility index (Phi) is 31.3. The van der Waals surface area contributed by atoms with Gasteiger partial charge < -0.3 is 37.9 Å². The Morgan fingerprint density at radius 3 is 1.37 bits per heavy atom. The molecule has 0 saturated heterocycles. The zero-order chi connectivity index (χ0) is 49.1. The van der Waals surface area contributed by atoms with Gasteiger partial charge in [0.15, 0.2) is 23.0 Å². The van der Waals surface area contributed by atoms with Gasteiger partial charge in [-0.1, -0.05) is 131 Å². The summed E-state index contributed by atoms with van der Waals surface area (Å²) in [6.07, 6.45) is 29.9. The molecule has 10 nitrogen and oxygen atoms in total. The molecule has 0 spiro atoms. The van der Waals surface area contributed by atoms with Crippen LogP contribution < -0.4 is 18.9 Å². The molecule has 0 heterocycles. The number of hydrogen-bond donors (Lipinski definition) is 0. The molecule has 376 valence electrons. The Labute approximate surface area is 406 Å². The second kappa shape index (κ2) is 35.7. The van der Waals surface area contributed by atoms with Crippen LogP contribution >= 0.6 is 0 Å². The Morgan fingerprint density at radius 1 is 0.507 bits per heavy atom. The average molecular weight is 933 g/mol. The van der Waals surface area contributed by atoms with Crippen molar-refractivity contribution in [1.29, 1.82) is 0 Å². The molecule has 0 amide bonds. The Morgan fingerprint density at radius 2 is 0.940 bits per heavy atom. The largest absolute Gasteiger partial charge is 0.489 e. The third-order valence-corrected chi connectivity index (χ3v) is 12.4. The lowest BCUT2D eigenvalue weighted by Crippen LogP contribution is -2.43. The molecule has 0 fully saturated rings. The highest BCUT2D eigenvalue weighted by molar-refractivity contribution is 5.91. The molecule has 2 aromatic carbocycles. The molecule has 2 rings (SSSR count). The summed E-state index contributed by atoms with van der Waals surface area (Å²) in [6.45, 7) is 17.8. The zero-order valence-electron chi connectivity index (χ0n) is 42.9. The molecule has 0 aromatic heterocycles. The molecule has 0 saturated carbocycles. The van der Waals surface area contributed by atoms with Crippen LogP contribution in [0.2, 0.25) is 0 Å². The van der Waals surface area contributed by atoms with E-state index in [4.69, 9.17) is 50.7 Å². The summed E-state index contributed by atoms with van der Waals surface area (Å²) < 4.78 is 49.8. The summed E-state index contributed by atoms with van der Waals surface area (Å²) in [6, 6.07) is 10.4. The minimum absolute atomic E-state index is 0.0180. The number of terminal acetylenes is 2. The van der Waals surface area contributed by atoms with E-state index in [0.29, 0.717) is 48.0 Å². The molecular formula is C57H88O10. The lowest BCUT2D eigenvalue weighted by Gasteiger charge is -2.32. The number of esters is 2.